The summed E-state index contributed by atoms with van der Waals surface area (Å²) in [6.45, 7) is 0.299. The van der Waals surface area contributed by atoms with Gasteiger partial charge in [0, 0.05) is 36.6 Å². The highest BCUT2D eigenvalue weighted by Gasteiger charge is 2.08. The number of hydrogen-bond acceptors (Lipinski definition) is 4. The summed E-state index contributed by atoms with van der Waals surface area (Å²) in [6, 6.07) is 6.49. The Bertz CT molecular complexity index is 633. The van der Waals surface area contributed by atoms with Gasteiger partial charge in [0.2, 0.25) is 5.91 Å². The number of nitrogens with two attached hydrogens (primary N) is 1. The Labute approximate surface area is 122 Å². The van der Waals surface area contributed by atoms with Gasteiger partial charge in [-0.3, -0.25) is 14.3 Å². The van der Waals surface area contributed by atoms with Crippen LogP contribution in [0.4, 0.5) is 5.69 Å². The summed E-state index contributed by atoms with van der Waals surface area (Å²) in [5.41, 5.74) is 7.49. The summed E-state index contributed by atoms with van der Waals surface area (Å²) in [6.07, 6.45) is 3.49. The minimum absolute atomic E-state index is 0.0799. The number of rotatable bonds is 5. The fourth-order valence-electron chi connectivity index (χ4n) is 1.72. The zero-order valence-corrected chi connectivity index (χ0v) is 11.7. The topological polar surface area (TPSA) is 102 Å². The molecule has 0 spiro atoms. The predicted octanol–water partition coefficient (Wildman–Crippen LogP) is 0.0485. The summed E-state index contributed by atoms with van der Waals surface area (Å²) in [5, 5.41) is 9.25. The lowest BCUT2D eigenvalue weighted by Gasteiger charge is -2.06. The fourth-order valence-corrected chi connectivity index (χ4v) is 1.72. The van der Waals surface area contributed by atoms with Crippen molar-refractivity contribution in [2.24, 2.45) is 7.05 Å². The number of carbonyl (C=O) groups is 2. The molecule has 2 rings (SSSR count). The Kier molecular flexibility index (Phi) is 4.55. The summed E-state index contributed by atoms with van der Waals surface area (Å²) in [5.74, 6) is -0.575. The molecule has 2 aromatic rings. The van der Waals surface area contributed by atoms with E-state index in [1.54, 1.807) is 42.2 Å². The lowest BCUT2D eigenvalue weighted by atomic mass is 10.2. The average Bonchev–Trinajstić information content (AvgIpc) is 2.89. The molecule has 0 aliphatic carbocycles. The fraction of sp³-hybridized carbons (Fsp3) is 0.214. The second kappa shape index (κ2) is 6.56. The van der Waals surface area contributed by atoms with Gasteiger partial charge in [-0.1, -0.05) is 0 Å². The van der Waals surface area contributed by atoms with E-state index in [-0.39, 0.29) is 18.4 Å². The molecule has 0 aliphatic rings. The number of nitrogens with one attached hydrogen (secondary N) is 2. The molecule has 0 aliphatic heterocycles. The molecule has 0 bridgehead atoms. The Morgan fingerprint density at radius 3 is 2.57 bits per heavy atom. The number of nitrogen functional groups attached to an aromatic ring is 1. The quantitative estimate of drug-likeness (QED) is 0.676. The van der Waals surface area contributed by atoms with E-state index >= 15 is 0 Å². The third-order valence-electron chi connectivity index (χ3n) is 2.83. The molecule has 1 aromatic carbocycles. The van der Waals surface area contributed by atoms with Crippen molar-refractivity contribution in [3.63, 3.8) is 0 Å². The largest absolute Gasteiger partial charge is 0.399 e. The average molecular weight is 287 g/mol. The molecular formula is C14H17N5O2. The van der Waals surface area contributed by atoms with Crippen molar-refractivity contribution in [2.75, 3.05) is 12.3 Å². The van der Waals surface area contributed by atoms with Crippen LogP contribution >= 0.6 is 0 Å². The van der Waals surface area contributed by atoms with Crippen LogP contribution in [-0.4, -0.2) is 28.1 Å². The maximum absolute atomic E-state index is 11.8. The first-order chi connectivity index (χ1) is 10.0. The van der Waals surface area contributed by atoms with Gasteiger partial charge in [-0.2, -0.15) is 5.10 Å². The molecule has 0 fully saturated rings. The van der Waals surface area contributed by atoms with E-state index in [4.69, 9.17) is 5.73 Å². The van der Waals surface area contributed by atoms with Crippen molar-refractivity contribution in [3.05, 3.63) is 47.8 Å². The predicted molar refractivity (Wildman–Crippen MR) is 78.2 cm³/mol. The number of carbonyl (C=O) groups excluding carboxylic acids is 2. The number of nitrogens with zero attached hydrogens (tertiary/aromatic N) is 2. The second-order valence-electron chi connectivity index (χ2n) is 4.60. The van der Waals surface area contributed by atoms with Crippen LogP contribution in [0.1, 0.15) is 15.9 Å². The van der Waals surface area contributed by atoms with Crippen LogP contribution in [0, 0.1) is 0 Å². The van der Waals surface area contributed by atoms with Gasteiger partial charge in [0.25, 0.3) is 5.91 Å². The van der Waals surface area contributed by atoms with Crippen LogP contribution in [0.5, 0.6) is 0 Å². The molecule has 21 heavy (non-hydrogen) atoms. The van der Waals surface area contributed by atoms with E-state index in [1.165, 1.54) is 0 Å². The molecule has 1 heterocycles. The van der Waals surface area contributed by atoms with Crippen LogP contribution < -0.4 is 16.4 Å². The van der Waals surface area contributed by atoms with Crippen LogP contribution in [0.2, 0.25) is 0 Å². The van der Waals surface area contributed by atoms with Gasteiger partial charge in [0.15, 0.2) is 0 Å². The van der Waals surface area contributed by atoms with Crippen molar-refractivity contribution in [1.29, 1.82) is 0 Å². The second-order valence-corrected chi connectivity index (χ2v) is 4.60. The van der Waals surface area contributed by atoms with Crippen LogP contribution in [0.15, 0.2) is 36.7 Å². The molecule has 110 valence electrons. The van der Waals surface area contributed by atoms with Gasteiger partial charge >= 0.3 is 0 Å². The Morgan fingerprint density at radius 2 is 1.95 bits per heavy atom. The Balaban J connectivity index is 1.75. The molecule has 1 aromatic heterocycles. The number of benzene rings is 1. The lowest BCUT2D eigenvalue weighted by molar-refractivity contribution is -0.120. The molecule has 0 unspecified atom stereocenters. The highest BCUT2D eigenvalue weighted by Crippen LogP contribution is 2.04. The summed E-state index contributed by atoms with van der Waals surface area (Å²) < 4.78 is 1.66. The van der Waals surface area contributed by atoms with Crippen molar-refractivity contribution in [2.45, 2.75) is 6.54 Å². The highest BCUT2D eigenvalue weighted by atomic mass is 16.2. The van der Waals surface area contributed by atoms with E-state index in [0.717, 1.165) is 5.56 Å². The molecule has 2 amide bonds. The zero-order chi connectivity index (χ0) is 15.2. The normalized spacial score (nSPS) is 10.1. The van der Waals surface area contributed by atoms with Crippen molar-refractivity contribution < 1.29 is 9.59 Å². The van der Waals surface area contributed by atoms with Gasteiger partial charge in [-0.05, 0) is 24.3 Å². The number of hydrogen-bond donors (Lipinski definition) is 3. The zero-order valence-electron chi connectivity index (χ0n) is 11.7. The maximum atomic E-state index is 11.8. The third-order valence-corrected chi connectivity index (χ3v) is 2.83. The molecule has 7 nitrogen and oxygen atoms in total. The summed E-state index contributed by atoms with van der Waals surface area (Å²) in [4.78, 5) is 23.4. The molecule has 0 radical (unpaired) electrons. The maximum Gasteiger partial charge on any atom is 0.251 e. The number of anilines is 1. The molecule has 0 atom stereocenters. The first-order valence-corrected chi connectivity index (χ1v) is 6.42. The Morgan fingerprint density at radius 1 is 1.24 bits per heavy atom. The lowest BCUT2D eigenvalue weighted by Crippen LogP contribution is -2.36. The van der Waals surface area contributed by atoms with Gasteiger partial charge in [0.1, 0.15) is 0 Å². The SMILES string of the molecule is Cn1cc(CNC(=O)CNC(=O)c2ccc(N)cc2)cn1. The van der Waals surface area contributed by atoms with Gasteiger partial charge in [-0.25, -0.2) is 0 Å². The summed E-state index contributed by atoms with van der Waals surface area (Å²) in [7, 11) is 1.80. The van der Waals surface area contributed by atoms with E-state index < -0.39 is 0 Å². The van der Waals surface area contributed by atoms with E-state index in [0.29, 0.717) is 17.8 Å². The van der Waals surface area contributed by atoms with Crippen molar-refractivity contribution >= 4 is 17.5 Å². The molecule has 0 saturated carbocycles. The smallest absolute Gasteiger partial charge is 0.251 e. The van der Waals surface area contributed by atoms with Gasteiger partial charge in [-0.15, -0.1) is 0 Å². The van der Waals surface area contributed by atoms with Crippen molar-refractivity contribution in [1.82, 2.24) is 20.4 Å². The first-order valence-electron chi connectivity index (χ1n) is 6.42. The summed E-state index contributed by atoms with van der Waals surface area (Å²) >= 11 is 0. The minimum atomic E-state index is -0.313. The van der Waals surface area contributed by atoms with Crippen LogP contribution in [0.3, 0.4) is 0 Å². The number of aryl methyl sites for hydroxylation is 1. The van der Waals surface area contributed by atoms with Gasteiger partial charge < -0.3 is 16.4 Å². The monoisotopic (exact) mass is 287 g/mol. The number of aromatic nitrogens is 2. The first kappa shape index (κ1) is 14.6. The molecule has 4 N–H and O–H groups in total. The highest BCUT2D eigenvalue weighted by molar-refractivity contribution is 5.96. The van der Waals surface area contributed by atoms with Crippen LogP contribution in [-0.2, 0) is 18.4 Å². The van der Waals surface area contributed by atoms with E-state index in [2.05, 4.69) is 15.7 Å². The van der Waals surface area contributed by atoms with Crippen molar-refractivity contribution in [3.8, 4) is 0 Å². The minimum Gasteiger partial charge on any atom is -0.399 e. The molecule has 0 saturated heterocycles. The number of amides is 2. The Hall–Kier alpha value is -2.83. The molecular weight excluding hydrogens is 270 g/mol. The van der Waals surface area contributed by atoms with E-state index in [1.807, 2.05) is 6.20 Å². The van der Waals surface area contributed by atoms with Gasteiger partial charge in [0.05, 0.1) is 12.7 Å². The van der Waals surface area contributed by atoms with E-state index in [9.17, 15) is 9.59 Å². The standard InChI is InChI=1S/C14H17N5O2/c1-19-9-10(7-18-19)6-16-13(20)8-17-14(21)11-2-4-12(15)5-3-11/h2-5,7,9H,6,8,15H2,1H3,(H,16,20)(H,17,21). The third kappa shape index (κ3) is 4.34. The van der Waals surface area contributed by atoms with Crippen LogP contribution in [0.25, 0.3) is 0 Å². The molecule has 7 heteroatoms.